The second-order valence-corrected chi connectivity index (χ2v) is 1.54. The molecule has 0 spiro atoms. The highest BCUT2D eigenvalue weighted by Crippen LogP contribution is 1.97. The summed E-state index contributed by atoms with van der Waals surface area (Å²) in [6.07, 6.45) is 10.1. The van der Waals surface area contributed by atoms with E-state index in [0.717, 1.165) is 11.1 Å². The zero-order chi connectivity index (χ0) is 6.57. The third-order valence-corrected chi connectivity index (χ3v) is 0.996. The molecule has 0 bridgehead atoms. The predicted octanol–water partition coefficient (Wildman–Crippen LogP) is 1.59. The zero-order valence-corrected chi connectivity index (χ0v) is 5.15. The molecule has 0 amide bonds. The van der Waals surface area contributed by atoms with E-state index in [1.165, 1.54) is 0 Å². The zero-order valence-electron chi connectivity index (χ0n) is 5.15. The average molecular weight is 104 g/mol. The molecular weight excluding hydrogens is 96.1 g/mol. The largest absolute Gasteiger partial charge is 0.115 e. The topological polar surface area (TPSA) is 0 Å². The standard InChI is InChI=1S/C8H8/c1-5-7(3)8(4)6-2/h1-2H,3-4H3. The fraction of sp³-hybridized carbons (Fsp3) is 0.250. The highest BCUT2D eigenvalue weighted by Gasteiger charge is 1.83. The minimum absolute atomic E-state index is 0.840. The molecule has 0 radical (unpaired) electrons. The summed E-state index contributed by atoms with van der Waals surface area (Å²) in [7, 11) is 0. The maximum Gasteiger partial charge on any atom is 0.00991 e. The van der Waals surface area contributed by atoms with E-state index >= 15 is 0 Å². The van der Waals surface area contributed by atoms with E-state index in [0.29, 0.717) is 0 Å². The number of hydrogen-bond donors (Lipinski definition) is 0. The van der Waals surface area contributed by atoms with Crippen molar-refractivity contribution in [3.05, 3.63) is 11.1 Å². The van der Waals surface area contributed by atoms with Crippen LogP contribution in [-0.4, -0.2) is 0 Å². The molecule has 0 unspecified atom stereocenters. The smallest absolute Gasteiger partial charge is 0.00991 e. The Morgan fingerprint density at radius 1 is 1.00 bits per heavy atom. The lowest BCUT2D eigenvalue weighted by Gasteiger charge is -1.87. The maximum absolute atomic E-state index is 5.05. The first-order chi connectivity index (χ1) is 3.72. The number of allylic oxidation sites excluding steroid dienone is 2. The van der Waals surface area contributed by atoms with Crippen molar-refractivity contribution in [1.29, 1.82) is 0 Å². The monoisotopic (exact) mass is 104 g/mol. The third kappa shape index (κ3) is 1.54. The van der Waals surface area contributed by atoms with Gasteiger partial charge in [-0.05, 0) is 13.8 Å². The van der Waals surface area contributed by atoms with E-state index in [1.807, 2.05) is 13.8 Å². The Bertz CT molecular complexity index is 159. The molecule has 0 aliphatic carbocycles. The Morgan fingerprint density at radius 3 is 1.38 bits per heavy atom. The van der Waals surface area contributed by atoms with Gasteiger partial charge in [-0.3, -0.25) is 0 Å². The Balaban J connectivity index is 4.41. The van der Waals surface area contributed by atoms with E-state index in [1.54, 1.807) is 0 Å². The van der Waals surface area contributed by atoms with E-state index in [4.69, 9.17) is 12.8 Å². The molecule has 0 rings (SSSR count). The maximum atomic E-state index is 5.05. The lowest BCUT2D eigenvalue weighted by Crippen LogP contribution is -1.73. The lowest BCUT2D eigenvalue weighted by atomic mass is 10.2. The van der Waals surface area contributed by atoms with Crippen LogP contribution in [0.1, 0.15) is 13.8 Å². The van der Waals surface area contributed by atoms with Crippen LogP contribution in [0.2, 0.25) is 0 Å². The molecule has 0 aromatic carbocycles. The Labute approximate surface area is 50.6 Å². The number of hydrogen-bond acceptors (Lipinski definition) is 0. The van der Waals surface area contributed by atoms with Gasteiger partial charge in [0.2, 0.25) is 0 Å². The summed E-state index contributed by atoms with van der Waals surface area (Å²) in [5.41, 5.74) is 1.68. The molecule has 0 heteroatoms. The fourth-order valence-electron chi connectivity index (χ4n) is 0.217. The van der Waals surface area contributed by atoms with Gasteiger partial charge in [-0.2, -0.15) is 0 Å². The fourth-order valence-corrected chi connectivity index (χ4v) is 0.217. The summed E-state index contributed by atoms with van der Waals surface area (Å²) in [6.45, 7) is 3.66. The van der Waals surface area contributed by atoms with Gasteiger partial charge in [0.25, 0.3) is 0 Å². The van der Waals surface area contributed by atoms with Gasteiger partial charge in [0.1, 0.15) is 0 Å². The summed E-state index contributed by atoms with van der Waals surface area (Å²) in [5, 5.41) is 0. The number of rotatable bonds is 0. The van der Waals surface area contributed by atoms with Gasteiger partial charge in [-0.1, -0.05) is 11.8 Å². The van der Waals surface area contributed by atoms with Crippen LogP contribution in [0.15, 0.2) is 11.1 Å². The third-order valence-electron chi connectivity index (χ3n) is 0.996. The Hall–Kier alpha value is -1.14. The Kier molecular flexibility index (Phi) is 2.52. The van der Waals surface area contributed by atoms with Crippen molar-refractivity contribution >= 4 is 0 Å². The van der Waals surface area contributed by atoms with Crippen LogP contribution >= 0.6 is 0 Å². The van der Waals surface area contributed by atoms with Crippen molar-refractivity contribution in [3.63, 3.8) is 0 Å². The summed E-state index contributed by atoms with van der Waals surface area (Å²) in [4.78, 5) is 0. The van der Waals surface area contributed by atoms with Gasteiger partial charge in [0, 0.05) is 11.1 Å². The average Bonchev–Trinajstić information content (AvgIpc) is 1.84. The van der Waals surface area contributed by atoms with Crippen LogP contribution < -0.4 is 0 Å². The first-order valence-electron chi connectivity index (χ1n) is 2.33. The van der Waals surface area contributed by atoms with Gasteiger partial charge in [0.05, 0.1) is 0 Å². The first-order valence-corrected chi connectivity index (χ1v) is 2.33. The molecule has 0 aliphatic rings. The van der Waals surface area contributed by atoms with Crippen molar-refractivity contribution in [2.24, 2.45) is 0 Å². The van der Waals surface area contributed by atoms with E-state index in [-0.39, 0.29) is 0 Å². The normalized spacial score (nSPS) is 11.0. The molecule has 0 N–H and O–H groups in total. The van der Waals surface area contributed by atoms with Gasteiger partial charge in [-0.15, -0.1) is 12.8 Å². The van der Waals surface area contributed by atoms with Crippen molar-refractivity contribution in [1.82, 2.24) is 0 Å². The Morgan fingerprint density at radius 2 is 1.25 bits per heavy atom. The van der Waals surface area contributed by atoms with Crippen molar-refractivity contribution in [3.8, 4) is 24.7 Å². The van der Waals surface area contributed by atoms with Crippen LogP contribution in [0, 0.1) is 24.7 Å². The summed E-state index contributed by atoms with van der Waals surface area (Å²) >= 11 is 0. The van der Waals surface area contributed by atoms with Gasteiger partial charge in [-0.25, -0.2) is 0 Å². The summed E-state index contributed by atoms with van der Waals surface area (Å²) < 4.78 is 0. The molecule has 0 fully saturated rings. The molecule has 0 saturated heterocycles. The minimum Gasteiger partial charge on any atom is -0.115 e. The summed E-state index contributed by atoms with van der Waals surface area (Å²) in [5.74, 6) is 4.91. The van der Waals surface area contributed by atoms with Crippen LogP contribution in [0.5, 0.6) is 0 Å². The molecule has 40 valence electrons. The molecule has 0 aromatic rings. The first kappa shape index (κ1) is 6.86. The van der Waals surface area contributed by atoms with E-state index in [2.05, 4.69) is 11.8 Å². The van der Waals surface area contributed by atoms with Crippen LogP contribution in [0.3, 0.4) is 0 Å². The summed E-state index contributed by atoms with van der Waals surface area (Å²) in [6, 6.07) is 0. The van der Waals surface area contributed by atoms with Gasteiger partial charge < -0.3 is 0 Å². The van der Waals surface area contributed by atoms with Gasteiger partial charge in [0.15, 0.2) is 0 Å². The van der Waals surface area contributed by atoms with Crippen LogP contribution in [0.4, 0.5) is 0 Å². The molecule has 0 saturated carbocycles. The van der Waals surface area contributed by atoms with Crippen molar-refractivity contribution in [2.75, 3.05) is 0 Å². The molecule has 0 aromatic heterocycles. The van der Waals surface area contributed by atoms with Crippen LogP contribution in [-0.2, 0) is 0 Å². The number of terminal acetylenes is 2. The molecule has 8 heavy (non-hydrogen) atoms. The van der Waals surface area contributed by atoms with Crippen molar-refractivity contribution < 1.29 is 0 Å². The highest BCUT2D eigenvalue weighted by atomic mass is 13.9. The second kappa shape index (κ2) is 2.94. The van der Waals surface area contributed by atoms with Crippen LogP contribution in [0.25, 0.3) is 0 Å². The second-order valence-electron chi connectivity index (χ2n) is 1.54. The molecule has 0 nitrogen and oxygen atoms in total. The van der Waals surface area contributed by atoms with Gasteiger partial charge >= 0.3 is 0 Å². The predicted molar refractivity (Wildman–Crippen MR) is 36.0 cm³/mol. The van der Waals surface area contributed by atoms with Crippen molar-refractivity contribution in [2.45, 2.75) is 13.8 Å². The SMILES string of the molecule is C#CC(C)=C(C)C#C. The van der Waals surface area contributed by atoms with E-state index in [9.17, 15) is 0 Å². The minimum atomic E-state index is 0.840. The quantitative estimate of drug-likeness (QED) is 0.409. The molecule has 0 aliphatic heterocycles. The highest BCUT2D eigenvalue weighted by molar-refractivity contribution is 5.37. The van der Waals surface area contributed by atoms with E-state index < -0.39 is 0 Å². The lowest BCUT2D eigenvalue weighted by molar-refractivity contribution is 1.44. The molecule has 0 heterocycles. The molecule has 0 atom stereocenters. The molecular formula is C8H8.